The van der Waals surface area contributed by atoms with Gasteiger partial charge in [-0.1, -0.05) is 61.9 Å². The average molecular weight is 401 g/mol. The number of benzene rings is 2. The predicted octanol–water partition coefficient (Wildman–Crippen LogP) is 3.18. The standard InChI is InChI=1S/C22H23N7O/c1-3-4-9-20-23-22(30)15(2)26-29(20)14-16-10-12-17(13-11-16)18-7-5-6-8-19(18)21-24-27-28-25-21/h5-8,10-13H,3-4,9,14H2,1-2H3,(H,24,25,27,28). The minimum atomic E-state index is -0.244. The highest BCUT2D eigenvalue weighted by Crippen LogP contribution is 2.29. The first-order chi connectivity index (χ1) is 14.7. The lowest BCUT2D eigenvalue weighted by Gasteiger charge is -2.13. The van der Waals surface area contributed by atoms with E-state index in [-0.39, 0.29) is 5.56 Å². The SMILES string of the molecule is CCCCc1nc(=O)c(C)nn1Cc1ccc(-c2ccccc2-c2nnn[nH]2)cc1. The molecule has 4 rings (SSSR count). The minimum Gasteiger partial charge on any atom is -0.265 e. The monoisotopic (exact) mass is 401 g/mol. The molecule has 0 saturated heterocycles. The summed E-state index contributed by atoms with van der Waals surface area (Å²) in [6.07, 6.45) is 2.76. The first-order valence-electron chi connectivity index (χ1n) is 10.0. The maximum absolute atomic E-state index is 11.9. The Hall–Kier alpha value is -3.68. The summed E-state index contributed by atoms with van der Waals surface area (Å²) in [5.41, 5.74) is 4.32. The van der Waals surface area contributed by atoms with E-state index in [1.807, 2.05) is 28.9 Å². The van der Waals surface area contributed by atoms with E-state index in [0.29, 0.717) is 18.1 Å². The number of nitrogens with one attached hydrogen (secondary N) is 1. The van der Waals surface area contributed by atoms with Crippen molar-refractivity contribution in [1.29, 1.82) is 0 Å². The Bertz CT molecular complexity index is 1180. The summed E-state index contributed by atoms with van der Waals surface area (Å²) < 4.78 is 1.84. The third kappa shape index (κ3) is 4.17. The van der Waals surface area contributed by atoms with Gasteiger partial charge in [0.2, 0.25) is 0 Å². The molecule has 0 unspecified atom stereocenters. The maximum atomic E-state index is 11.9. The molecular weight excluding hydrogens is 378 g/mol. The second kappa shape index (κ2) is 8.77. The van der Waals surface area contributed by atoms with Crippen molar-refractivity contribution in [2.75, 3.05) is 0 Å². The van der Waals surface area contributed by atoms with Gasteiger partial charge in [0.1, 0.15) is 11.5 Å². The van der Waals surface area contributed by atoms with Gasteiger partial charge in [0.15, 0.2) is 5.82 Å². The number of unbranched alkanes of at least 4 members (excludes halogenated alkanes) is 1. The Morgan fingerprint density at radius 2 is 1.80 bits per heavy atom. The second-order valence-corrected chi connectivity index (χ2v) is 7.17. The molecule has 152 valence electrons. The van der Waals surface area contributed by atoms with Crippen LogP contribution in [-0.4, -0.2) is 35.4 Å². The second-order valence-electron chi connectivity index (χ2n) is 7.17. The zero-order valence-corrected chi connectivity index (χ0v) is 17.0. The number of rotatable bonds is 7. The molecule has 0 bridgehead atoms. The van der Waals surface area contributed by atoms with Crippen LogP contribution in [0.3, 0.4) is 0 Å². The van der Waals surface area contributed by atoms with Crippen LogP contribution < -0.4 is 5.56 Å². The molecule has 0 spiro atoms. The maximum Gasteiger partial charge on any atom is 0.294 e. The fourth-order valence-corrected chi connectivity index (χ4v) is 3.36. The van der Waals surface area contributed by atoms with Crippen molar-refractivity contribution in [2.45, 2.75) is 39.7 Å². The topological polar surface area (TPSA) is 102 Å². The van der Waals surface area contributed by atoms with Gasteiger partial charge < -0.3 is 0 Å². The third-order valence-corrected chi connectivity index (χ3v) is 4.99. The fraction of sp³-hybridized carbons (Fsp3) is 0.273. The van der Waals surface area contributed by atoms with E-state index in [1.165, 1.54) is 0 Å². The van der Waals surface area contributed by atoms with E-state index in [2.05, 4.69) is 61.9 Å². The van der Waals surface area contributed by atoms with Gasteiger partial charge in [-0.25, -0.2) is 9.78 Å². The molecule has 4 aromatic rings. The molecule has 8 heteroatoms. The van der Waals surface area contributed by atoms with Crippen LogP contribution in [0.2, 0.25) is 0 Å². The first-order valence-corrected chi connectivity index (χ1v) is 10.0. The lowest BCUT2D eigenvalue weighted by molar-refractivity contribution is 0.563. The minimum absolute atomic E-state index is 0.244. The van der Waals surface area contributed by atoms with Crippen LogP contribution in [0.4, 0.5) is 0 Å². The molecule has 1 N–H and O–H groups in total. The molecule has 0 amide bonds. The summed E-state index contributed by atoms with van der Waals surface area (Å²) in [5, 5.41) is 18.7. The molecule has 0 aliphatic heterocycles. The normalized spacial score (nSPS) is 11.0. The van der Waals surface area contributed by atoms with E-state index in [4.69, 9.17) is 0 Å². The number of H-pyrrole nitrogens is 1. The van der Waals surface area contributed by atoms with Crippen LogP contribution in [0.5, 0.6) is 0 Å². The van der Waals surface area contributed by atoms with Crippen molar-refractivity contribution in [1.82, 2.24) is 35.4 Å². The molecule has 0 atom stereocenters. The molecule has 0 aliphatic rings. The Morgan fingerprint density at radius 1 is 1.03 bits per heavy atom. The molecule has 2 aromatic carbocycles. The summed E-state index contributed by atoms with van der Waals surface area (Å²) in [6, 6.07) is 16.3. The first kappa shape index (κ1) is 19.6. The van der Waals surface area contributed by atoms with Crippen LogP contribution in [0, 0.1) is 6.92 Å². The molecule has 0 saturated carbocycles. The van der Waals surface area contributed by atoms with E-state index in [1.54, 1.807) is 6.92 Å². The number of aromatic nitrogens is 7. The van der Waals surface area contributed by atoms with Gasteiger partial charge in [-0.05, 0) is 40.5 Å². The van der Waals surface area contributed by atoms with Crippen molar-refractivity contribution in [2.24, 2.45) is 0 Å². The number of aromatic amines is 1. The largest absolute Gasteiger partial charge is 0.294 e. The number of aryl methyl sites for hydroxylation is 2. The molecule has 30 heavy (non-hydrogen) atoms. The smallest absolute Gasteiger partial charge is 0.265 e. The predicted molar refractivity (Wildman–Crippen MR) is 114 cm³/mol. The van der Waals surface area contributed by atoms with Crippen LogP contribution in [-0.2, 0) is 13.0 Å². The lowest BCUT2D eigenvalue weighted by Crippen LogP contribution is -2.24. The Morgan fingerprint density at radius 3 is 2.50 bits per heavy atom. The molecular formula is C22H23N7O. The number of hydrogen-bond donors (Lipinski definition) is 1. The number of tetrazole rings is 1. The van der Waals surface area contributed by atoms with E-state index < -0.39 is 0 Å². The number of hydrogen-bond acceptors (Lipinski definition) is 6. The van der Waals surface area contributed by atoms with E-state index in [0.717, 1.165) is 47.3 Å². The Balaban J connectivity index is 1.62. The van der Waals surface area contributed by atoms with Crippen LogP contribution in [0.25, 0.3) is 22.5 Å². The number of nitrogens with zero attached hydrogens (tertiary/aromatic N) is 6. The van der Waals surface area contributed by atoms with Gasteiger partial charge in [0.25, 0.3) is 5.56 Å². The summed E-state index contributed by atoms with van der Waals surface area (Å²) in [7, 11) is 0. The molecule has 8 nitrogen and oxygen atoms in total. The lowest BCUT2D eigenvalue weighted by atomic mass is 9.98. The van der Waals surface area contributed by atoms with Crippen LogP contribution >= 0.6 is 0 Å². The molecule has 0 aliphatic carbocycles. The highest BCUT2D eigenvalue weighted by atomic mass is 16.1. The van der Waals surface area contributed by atoms with Crippen molar-refractivity contribution >= 4 is 0 Å². The van der Waals surface area contributed by atoms with Crippen LogP contribution in [0.1, 0.15) is 36.8 Å². The van der Waals surface area contributed by atoms with Crippen molar-refractivity contribution in [3.63, 3.8) is 0 Å². The third-order valence-electron chi connectivity index (χ3n) is 4.99. The molecule has 2 aromatic heterocycles. The van der Waals surface area contributed by atoms with Gasteiger partial charge >= 0.3 is 0 Å². The Labute approximate surface area is 174 Å². The van der Waals surface area contributed by atoms with E-state index in [9.17, 15) is 4.79 Å². The summed E-state index contributed by atoms with van der Waals surface area (Å²) in [6.45, 7) is 4.39. The summed E-state index contributed by atoms with van der Waals surface area (Å²) >= 11 is 0. The van der Waals surface area contributed by atoms with Gasteiger partial charge in [0.05, 0.1) is 6.54 Å². The Kier molecular flexibility index (Phi) is 5.74. The highest BCUT2D eigenvalue weighted by molar-refractivity contribution is 5.80. The summed E-state index contributed by atoms with van der Waals surface area (Å²) in [5.74, 6) is 1.37. The zero-order valence-electron chi connectivity index (χ0n) is 17.0. The molecule has 2 heterocycles. The average Bonchev–Trinajstić information content (AvgIpc) is 3.30. The van der Waals surface area contributed by atoms with Gasteiger partial charge in [0, 0.05) is 12.0 Å². The zero-order chi connectivity index (χ0) is 20.9. The highest BCUT2D eigenvalue weighted by Gasteiger charge is 2.11. The van der Waals surface area contributed by atoms with Crippen molar-refractivity contribution in [3.05, 3.63) is 76.0 Å². The van der Waals surface area contributed by atoms with Gasteiger partial charge in [-0.2, -0.15) is 10.1 Å². The van der Waals surface area contributed by atoms with E-state index >= 15 is 0 Å². The van der Waals surface area contributed by atoms with Crippen LogP contribution in [0.15, 0.2) is 53.3 Å². The van der Waals surface area contributed by atoms with Crippen molar-refractivity contribution < 1.29 is 0 Å². The fourth-order valence-electron chi connectivity index (χ4n) is 3.36. The summed E-state index contributed by atoms with van der Waals surface area (Å²) in [4.78, 5) is 16.2. The molecule has 0 radical (unpaired) electrons. The van der Waals surface area contributed by atoms with Crippen molar-refractivity contribution in [3.8, 4) is 22.5 Å². The van der Waals surface area contributed by atoms with Gasteiger partial charge in [-0.3, -0.25) is 4.79 Å². The quantitative estimate of drug-likeness (QED) is 0.510. The van der Waals surface area contributed by atoms with Gasteiger partial charge in [-0.15, -0.1) is 5.10 Å². The molecule has 0 fully saturated rings.